The maximum absolute atomic E-state index is 12.1. The van der Waals surface area contributed by atoms with Crippen LogP contribution in [0.3, 0.4) is 0 Å². The van der Waals surface area contributed by atoms with Crippen LogP contribution in [0.15, 0.2) is 53.0 Å². The molecule has 5 nitrogen and oxygen atoms in total. The summed E-state index contributed by atoms with van der Waals surface area (Å²) >= 11 is 3.38. The van der Waals surface area contributed by atoms with Crippen LogP contribution in [0.5, 0.6) is 11.5 Å². The molecule has 0 aliphatic carbocycles. The Morgan fingerprint density at radius 3 is 2.56 bits per heavy atom. The van der Waals surface area contributed by atoms with Gasteiger partial charge in [0.15, 0.2) is 6.61 Å². The van der Waals surface area contributed by atoms with Gasteiger partial charge in [-0.25, -0.2) is 0 Å². The first-order valence-electron chi connectivity index (χ1n) is 9.16. The third-order valence-electron chi connectivity index (χ3n) is 4.72. The van der Waals surface area contributed by atoms with Gasteiger partial charge in [-0.15, -0.1) is 0 Å². The number of amides is 1. The van der Waals surface area contributed by atoms with Gasteiger partial charge in [-0.2, -0.15) is 0 Å². The quantitative estimate of drug-likeness (QED) is 0.725. The van der Waals surface area contributed by atoms with E-state index in [1.807, 2.05) is 42.5 Å². The lowest BCUT2D eigenvalue weighted by Crippen LogP contribution is -2.45. The van der Waals surface area contributed by atoms with Crippen molar-refractivity contribution in [3.63, 3.8) is 0 Å². The molecule has 0 radical (unpaired) electrons. The Balaban J connectivity index is 1.40. The molecule has 0 saturated carbocycles. The molecule has 1 aliphatic rings. The van der Waals surface area contributed by atoms with Crippen LogP contribution in [0, 0.1) is 0 Å². The van der Waals surface area contributed by atoms with Gasteiger partial charge < -0.3 is 14.8 Å². The minimum absolute atomic E-state index is 0.0447. The van der Waals surface area contributed by atoms with E-state index in [2.05, 4.69) is 32.2 Å². The third kappa shape index (κ3) is 5.97. The maximum atomic E-state index is 12.1. The Bertz CT molecular complexity index is 743. The van der Waals surface area contributed by atoms with Crippen molar-refractivity contribution < 1.29 is 14.3 Å². The molecule has 1 heterocycles. The summed E-state index contributed by atoms with van der Waals surface area (Å²) < 4.78 is 11.9. The van der Waals surface area contributed by atoms with Gasteiger partial charge in [0.1, 0.15) is 11.5 Å². The number of piperidine rings is 1. The van der Waals surface area contributed by atoms with Crippen molar-refractivity contribution in [3.8, 4) is 11.5 Å². The van der Waals surface area contributed by atoms with E-state index in [0.29, 0.717) is 5.75 Å². The van der Waals surface area contributed by atoms with Crippen LogP contribution in [-0.2, 0) is 11.3 Å². The Labute approximate surface area is 168 Å². The van der Waals surface area contributed by atoms with Crippen molar-refractivity contribution in [1.82, 2.24) is 10.2 Å². The predicted molar refractivity (Wildman–Crippen MR) is 109 cm³/mol. The van der Waals surface area contributed by atoms with Crippen LogP contribution in [0.25, 0.3) is 0 Å². The number of carbonyl (C=O) groups excluding carboxylic acids is 1. The monoisotopic (exact) mass is 432 g/mol. The highest BCUT2D eigenvalue weighted by Gasteiger charge is 2.21. The van der Waals surface area contributed by atoms with Gasteiger partial charge in [0, 0.05) is 35.7 Å². The number of nitrogens with zero attached hydrogens (tertiary/aromatic N) is 1. The Kier molecular flexibility index (Phi) is 7.12. The molecule has 2 aromatic rings. The zero-order valence-corrected chi connectivity index (χ0v) is 17.1. The van der Waals surface area contributed by atoms with Crippen molar-refractivity contribution in [2.45, 2.75) is 25.4 Å². The molecule has 144 valence electrons. The number of ether oxygens (including phenoxy) is 2. The van der Waals surface area contributed by atoms with Crippen LogP contribution < -0.4 is 14.8 Å². The fourth-order valence-electron chi connectivity index (χ4n) is 3.26. The smallest absolute Gasteiger partial charge is 0.258 e. The molecule has 3 rings (SSSR count). The highest BCUT2D eigenvalue weighted by molar-refractivity contribution is 9.10. The van der Waals surface area contributed by atoms with Crippen LogP contribution >= 0.6 is 15.9 Å². The average Bonchev–Trinajstić information content (AvgIpc) is 2.69. The minimum Gasteiger partial charge on any atom is -0.496 e. The van der Waals surface area contributed by atoms with Crippen molar-refractivity contribution in [2.75, 3.05) is 26.8 Å². The molecule has 1 fully saturated rings. The first kappa shape index (κ1) is 19.7. The predicted octanol–water partition coefficient (Wildman–Crippen LogP) is 3.62. The first-order chi connectivity index (χ1) is 13.1. The molecule has 27 heavy (non-hydrogen) atoms. The van der Waals surface area contributed by atoms with Crippen molar-refractivity contribution in [3.05, 3.63) is 58.6 Å². The lowest BCUT2D eigenvalue weighted by atomic mass is 10.0. The molecule has 6 heteroatoms. The number of benzene rings is 2. The molecule has 0 atom stereocenters. The Morgan fingerprint density at radius 2 is 1.85 bits per heavy atom. The van der Waals surface area contributed by atoms with E-state index >= 15 is 0 Å². The van der Waals surface area contributed by atoms with Gasteiger partial charge in [0.05, 0.1) is 7.11 Å². The number of likely N-dealkylation sites (tertiary alicyclic amines) is 1. The fourth-order valence-corrected chi connectivity index (χ4v) is 3.52. The van der Waals surface area contributed by atoms with E-state index in [1.165, 1.54) is 5.56 Å². The molecule has 1 saturated heterocycles. The summed E-state index contributed by atoms with van der Waals surface area (Å²) in [6.45, 7) is 2.83. The number of halogens is 1. The highest BCUT2D eigenvalue weighted by atomic mass is 79.9. The summed E-state index contributed by atoms with van der Waals surface area (Å²) in [6.07, 6.45) is 1.89. The molecule has 0 spiro atoms. The summed E-state index contributed by atoms with van der Waals surface area (Å²) in [5.74, 6) is 1.55. The summed E-state index contributed by atoms with van der Waals surface area (Å²) in [6, 6.07) is 15.8. The van der Waals surface area contributed by atoms with Gasteiger partial charge in [0.25, 0.3) is 5.91 Å². The van der Waals surface area contributed by atoms with Gasteiger partial charge in [-0.1, -0.05) is 34.1 Å². The fraction of sp³-hybridized carbons (Fsp3) is 0.381. The van der Waals surface area contributed by atoms with Gasteiger partial charge in [-0.3, -0.25) is 9.69 Å². The zero-order chi connectivity index (χ0) is 19.1. The van der Waals surface area contributed by atoms with Crippen molar-refractivity contribution >= 4 is 21.8 Å². The van der Waals surface area contributed by atoms with E-state index in [9.17, 15) is 4.79 Å². The molecule has 1 amide bonds. The van der Waals surface area contributed by atoms with Gasteiger partial charge in [0.2, 0.25) is 0 Å². The molecular formula is C21H25BrN2O3. The molecule has 0 bridgehead atoms. The van der Waals surface area contributed by atoms with Crippen LogP contribution in [0.1, 0.15) is 18.4 Å². The number of para-hydroxylation sites is 1. The summed E-state index contributed by atoms with van der Waals surface area (Å²) in [5.41, 5.74) is 1.20. The second-order valence-electron chi connectivity index (χ2n) is 6.67. The number of methoxy groups -OCH3 is 1. The molecule has 1 N–H and O–H groups in total. The lowest BCUT2D eigenvalue weighted by molar-refractivity contribution is -0.124. The highest BCUT2D eigenvalue weighted by Crippen LogP contribution is 2.21. The number of carbonyl (C=O) groups is 1. The van der Waals surface area contributed by atoms with Gasteiger partial charge in [-0.05, 0) is 43.2 Å². The Morgan fingerprint density at radius 1 is 1.15 bits per heavy atom. The topological polar surface area (TPSA) is 50.8 Å². The van der Waals surface area contributed by atoms with E-state index in [1.54, 1.807) is 7.11 Å². The number of rotatable bonds is 7. The third-order valence-corrected chi connectivity index (χ3v) is 5.25. The van der Waals surface area contributed by atoms with Crippen LogP contribution in [-0.4, -0.2) is 43.7 Å². The maximum Gasteiger partial charge on any atom is 0.258 e. The summed E-state index contributed by atoms with van der Waals surface area (Å²) in [4.78, 5) is 14.5. The van der Waals surface area contributed by atoms with Crippen molar-refractivity contribution in [2.24, 2.45) is 0 Å². The second-order valence-corrected chi connectivity index (χ2v) is 7.59. The van der Waals surface area contributed by atoms with Crippen molar-refractivity contribution in [1.29, 1.82) is 0 Å². The standard InChI is InChI=1S/C21H25BrN2O3/c1-26-20-5-3-2-4-16(20)14-24-12-10-18(11-13-24)23-21(25)15-27-19-8-6-17(22)7-9-19/h2-9,18H,10-15H2,1H3,(H,23,25). The molecule has 0 unspecified atom stereocenters. The first-order valence-corrected chi connectivity index (χ1v) is 9.95. The van der Waals surface area contributed by atoms with E-state index < -0.39 is 0 Å². The SMILES string of the molecule is COc1ccccc1CN1CCC(NC(=O)COc2ccc(Br)cc2)CC1. The average molecular weight is 433 g/mol. The van der Waals surface area contributed by atoms with Gasteiger partial charge >= 0.3 is 0 Å². The summed E-state index contributed by atoms with van der Waals surface area (Å²) in [7, 11) is 1.71. The zero-order valence-electron chi connectivity index (χ0n) is 15.5. The lowest BCUT2D eigenvalue weighted by Gasteiger charge is -2.32. The largest absolute Gasteiger partial charge is 0.496 e. The minimum atomic E-state index is -0.0684. The molecule has 0 aromatic heterocycles. The number of hydrogen-bond donors (Lipinski definition) is 1. The molecule has 2 aromatic carbocycles. The Hall–Kier alpha value is -2.05. The number of nitrogens with one attached hydrogen (secondary N) is 1. The van der Waals surface area contributed by atoms with Crippen LogP contribution in [0.2, 0.25) is 0 Å². The van der Waals surface area contributed by atoms with E-state index in [0.717, 1.165) is 42.7 Å². The summed E-state index contributed by atoms with van der Waals surface area (Å²) in [5, 5.41) is 3.08. The second kappa shape index (κ2) is 9.76. The van der Waals surface area contributed by atoms with E-state index in [4.69, 9.17) is 9.47 Å². The van der Waals surface area contributed by atoms with E-state index in [-0.39, 0.29) is 18.6 Å². The normalized spacial score (nSPS) is 15.3. The van der Waals surface area contributed by atoms with Crippen LogP contribution in [0.4, 0.5) is 0 Å². The molecule has 1 aliphatic heterocycles. The molecular weight excluding hydrogens is 408 g/mol. The number of hydrogen-bond acceptors (Lipinski definition) is 4.